The molecule has 1 fully saturated rings. The lowest BCUT2D eigenvalue weighted by atomic mass is 9.96. The predicted octanol–water partition coefficient (Wildman–Crippen LogP) is 5.50. The third-order valence-electron chi connectivity index (χ3n) is 7.20. The quantitative estimate of drug-likeness (QED) is 0.555. The van der Waals surface area contributed by atoms with E-state index in [1.165, 1.54) is 29.5 Å². The Balaban J connectivity index is 1.42. The number of rotatable bonds is 5. The van der Waals surface area contributed by atoms with Crippen molar-refractivity contribution in [3.8, 4) is 11.1 Å². The van der Waals surface area contributed by atoms with E-state index < -0.39 is 0 Å². The summed E-state index contributed by atoms with van der Waals surface area (Å²) in [5, 5.41) is 3.04. The van der Waals surface area contributed by atoms with E-state index in [0.29, 0.717) is 23.7 Å². The van der Waals surface area contributed by atoms with Crippen molar-refractivity contribution >= 4 is 23.2 Å². The second kappa shape index (κ2) is 9.43. The maximum Gasteiger partial charge on any atom is 0.255 e. The monoisotopic (exact) mass is 453 g/mol. The largest absolute Gasteiger partial charge is 0.322 e. The Kier molecular flexibility index (Phi) is 6.20. The highest BCUT2D eigenvalue weighted by Gasteiger charge is 2.23. The zero-order chi connectivity index (χ0) is 23.7. The number of carbonyl (C=O) groups excluding carboxylic acids is 2. The van der Waals surface area contributed by atoms with Crippen molar-refractivity contribution in [3.05, 3.63) is 83.4 Å². The molecule has 0 aliphatic carbocycles. The van der Waals surface area contributed by atoms with Gasteiger partial charge in [-0.25, -0.2) is 0 Å². The van der Waals surface area contributed by atoms with Crippen LogP contribution in [0, 0.1) is 0 Å². The summed E-state index contributed by atoms with van der Waals surface area (Å²) in [5.41, 5.74) is 6.86. The van der Waals surface area contributed by atoms with Gasteiger partial charge in [0.1, 0.15) is 0 Å². The molecule has 0 unspecified atom stereocenters. The molecule has 5 nitrogen and oxygen atoms in total. The SMILES string of the molecule is C[C@H]1CCCN1Cc1cc(C(=O)Nc2ccc3c(c2)N(C)C(=O)CC3)ccc1-c1ccccc1. The molecule has 0 saturated carbocycles. The van der Waals surface area contributed by atoms with Crippen molar-refractivity contribution in [1.82, 2.24) is 4.90 Å². The van der Waals surface area contributed by atoms with Gasteiger partial charge >= 0.3 is 0 Å². The van der Waals surface area contributed by atoms with Gasteiger partial charge in [0.15, 0.2) is 0 Å². The summed E-state index contributed by atoms with van der Waals surface area (Å²) < 4.78 is 0. The molecule has 2 heterocycles. The first-order chi connectivity index (χ1) is 16.5. The molecule has 1 N–H and O–H groups in total. The van der Waals surface area contributed by atoms with Crippen LogP contribution in [0.25, 0.3) is 11.1 Å². The van der Waals surface area contributed by atoms with Gasteiger partial charge in [0.2, 0.25) is 5.91 Å². The predicted molar refractivity (Wildman–Crippen MR) is 137 cm³/mol. The third-order valence-corrected chi connectivity index (χ3v) is 7.20. The highest BCUT2D eigenvalue weighted by atomic mass is 16.2. The van der Waals surface area contributed by atoms with Crippen LogP contribution >= 0.6 is 0 Å². The smallest absolute Gasteiger partial charge is 0.255 e. The summed E-state index contributed by atoms with van der Waals surface area (Å²) in [5.74, 6) is -0.0340. The fourth-order valence-corrected chi connectivity index (χ4v) is 5.12. The molecule has 3 aromatic rings. The molecule has 2 aliphatic heterocycles. The molecule has 5 heteroatoms. The summed E-state index contributed by atoms with van der Waals surface area (Å²) in [6, 6.07) is 22.8. The fraction of sp³-hybridized carbons (Fsp3) is 0.310. The van der Waals surface area contributed by atoms with Crippen LogP contribution < -0.4 is 10.2 Å². The maximum atomic E-state index is 13.2. The summed E-state index contributed by atoms with van der Waals surface area (Å²) in [7, 11) is 1.79. The van der Waals surface area contributed by atoms with Crippen molar-refractivity contribution < 1.29 is 9.59 Å². The molecule has 0 spiro atoms. The normalized spacial score (nSPS) is 18.1. The van der Waals surface area contributed by atoms with Gasteiger partial charge in [0, 0.05) is 43.0 Å². The molecule has 2 aliphatic rings. The van der Waals surface area contributed by atoms with Crippen molar-refractivity contribution in [2.24, 2.45) is 0 Å². The van der Waals surface area contributed by atoms with E-state index in [0.717, 1.165) is 30.8 Å². The average molecular weight is 454 g/mol. The molecule has 2 amide bonds. The van der Waals surface area contributed by atoms with E-state index in [4.69, 9.17) is 0 Å². The fourth-order valence-electron chi connectivity index (χ4n) is 5.12. The topological polar surface area (TPSA) is 52.7 Å². The maximum absolute atomic E-state index is 13.2. The van der Waals surface area contributed by atoms with E-state index in [1.54, 1.807) is 11.9 Å². The van der Waals surface area contributed by atoms with Gasteiger partial charge in [0.05, 0.1) is 0 Å². The van der Waals surface area contributed by atoms with Crippen LogP contribution in [-0.2, 0) is 17.8 Å². The highest BCUT2D eigenvalue weighted by Crippen LogP contribution is 2.31. The van der Waals surface area contributed by atoms with Crippen LogP contribution in [0.15, 0.2) is 66.7 Å². The zero-order valence-corrected chi connectivity index (χ0v) is 19.9. The van der Waals surface area contributed by atoms with E-state index >= 15 is 0 Å². The summed E-state index contributed by atoms with van der Waals surface area (Å²) in [4.78, 5) is 29.5. The number of carbonyl (C=O) groups is 2. The van der Waals surface area contributed by atoms with Gasteiger partial charge < -0.3 is 10.2 Å². The Hall–Kier alpha value is -3.44. The van der Waals surface area contributed by atoms with E-state index in [9.17, 15) is 9.59 Å². The lowest BCUT2D eigenvalue weighted by Crippen LogP contribution is -2.31. The number of hydrogen-bond donors (Lipinski definition) is 1. The summed E-state index contributed by atoms with van der Waals surface area (Å²) in [6.07, 6.45) is 3.71. The summed E-state index contributed by atoms with van der Waals surface area (Å²) >= 11 is 0. The number of anilines is 2. The van der Waals surface area contributed by atoms with Crippen LogP contribution in [0.5, 0.6) is 0 Å². The zero-order valence-electron chi connectivity index (χ0n) is 19.9. The second-order valence-corrected chi connectivity index (χ2v) is 9.45. The molecule has 0 bridgehead atoms. The molecule has 34 heavy (non-hydrogen) atoms. The van der Waals surface area contributed by atoms with Crippen molar-refractivity contribution in [1.29, 1.82) is 0 Å². The number of aryl methyl sites for hydroxylation is 1. The molecule has 1 atom stereocenters. The Bertz CT molecular complexity index is 1220. The Labute approximate surface area is 201 Å². The number of nitrogens with zero attached hydrogens (tertiary/aromatic N) is 2. The molecular weight excluding hydrogens is 422 g/mol. The molecule has 1 saturated heterocycles. The van der Waals surface area contributed by atoms with E-state index in [-0.39, 0.29) is 11.8 Å². The van der Waals surface area contributed by atoms with Gasteiger partial charge in [-0.2, -0.15) is 0 Å². The first kappa shape index (κ1) is 22.4. The molecular formula is C29H31N3O2. The lowest BCUT2D eigenvalue weighted by molar-refractivity contribution is -0.118. The van der Waals surface area contributed by atoms with Gasteiger partial charge in [-0.1, -0.05) is 42.5 Å². The number of likely N-dealkylation sites (tertiary alicyclic amines) is 1. The lowest BCUT2D eigenvalue weighted by Gasteiger charge is -2.26. The Morgan fingerprint density at radius 3 is 2.62 bits per heavy atom. The van der Waals surface area contributed by atoms with E-state index in [2.05, 4.69) is 47.5 Å². The third kappa shape index (κ3) is 4.48. The average Bonchev–Trinajstić information content (AvgIpc) is 3.26. The van der Waals surface area contributed by atoms with Crippen LogP contribution in [-0.4, -0.2) is 36.3 Å². The summed E-state index contributed by atoms with van der Waals surface area (Å²) in [6.45, 7) is 4.20. The number of nitrogens with one attached hydrogen (secondary N) is 1. The number of hydrogen-bond acceptors (Lipinski definition) is 3. The van der Waals surface area contributed by atoms with Crippen molar-refractivity contribution in [3.63, 3.8) is 0 Å². The first-order valence-corrected chi connectivity index (χ1v) is 12.1. The minimum atomic E-state index is -0.139. The van der Waals surface area contributed by atoms with Gasteiger partial charge in [-0.15, -0.1) is 0 Å². The highest BCUT2D eigenvalue weighted by molar-refractivity contribution is 6.05. The van der Waals surface area contributed by atoms with Crippen LogP contribution in [0.1, 0.15) is 47.7 Å². The minimum Gasteiger partial charge on any atom is -0.322 e. The van der Waals surface area contributed by atoms with Gasteiger partial charge in [-0.05, 0) is 79.3 Å². The minimum absolute atomic E-state index is 0.105. The van der Waals surface area contributed by atoms with E-state index in [1.807, 2.05) is 36.4 Å². The van der Waals surface area contributed by atoms with Crippen molar-refractivity contribution in [2.75, 3.05) is 23.8 Å². The number of fused-ring (bicyclic) bond motifs is 1. The molecule has 0 aromatic heterocycles. The first-order valence-electron chi connectivity index (χ1n) is 12.1. The Morgan fingerprint density at radius 1 is 1.03 bits per heavy atom. The van der Waals surface area contributed by atoms with Gasteiger partial charge in [-0.3, -0.25) is 14.5 Å². The Morgan fingerprint density at radius 2 is 1.85 bits per heavy atom. The molecule has 174 valence electrons. The number of amides is 2. The second-order valence-electron chi connectivity index (χ2n) is 9.45. The number of benzene rings is 3. The van der Waals surface area contributed by atoms with Crippen LogP contribution in [0.4, 0.5) is 11.4 Å². The molecule has 3 aromatic carbocycles. The molecule has 5 rings (SSSR count). The van der Waals surface area contributed by atoms with Crippen LogP contribution in [0.2, 0.25) is 0 Å². The van der Waals surface area contributed by atoms with Gasteiger partial charge in [0.25, 0.3) is 5.91 Å². The molecule has 0 radical (unpaired) electrons. The van der Waals surface area contributed by atoms with Crippen LogP contribution in [0.3, 0.4) is 0 Å². The standard InChI is InChI=1S/C29H31N3O2/c1-20-7-6-16-32(20)19-24-17-23(11-14-26(24)21-8-4-3-5-9-21)29(34)30-25-13-10-22-12-15-28(33)31(2)27(22)18-25/h3-5,8-11,13-14,17-18,20H,6-7,12,15-16,19H2,1-2H3,(H,30,34)/t20-/m0/s1. The van der Waals surface area contributed by atoms with Crippen molar-refractivity contribution in [2.45, 2.75) is 45.2 Å².